The Bertz CT molecular complexity index is 211. The molecule has 0 atom stereocenters. The number of ether oxygens (including phenoxy) is 1. The zero-order chi connectivity index (χ0) is 10.3. The second-order valence-corrected chi connectivity index (χ2v) is 2.65. The topological polar surface area (TPSA) is 27.1 Å². The third-order valence-electron chi connectivity index (χ3n) is 1.72. The van der Waals surface area contributed by atoms with E-state index in [0.717, 1.165) is 18.8 Å². The maximum atomic E-state index is 4.93. The van der Waals surface area contributed by atoms with E-state index in [2.05, 4.69) is 12.0 Å². The van der Waals surface area contributed by atoms with Gasteiger partial charge in [0.15, 0.2) is 0 Å². The Morgan fingerprint density at radius 3 is 2.38 bits per heavy atom. The van der Waals surface area contributed by atoms with Gasteiger partial charge in [-0.3, -0.25) is 4.68 Å². The predicted molar refractivity (Wildman–Crippen MR) is 54.9 cm³/mol. The molecule has 0 bridgehead atoms. The van der Waals surface area contributed by atoms with Gasteiger partial charge in [-0.15, -0.1) is 0 Å². The third kappa shape index (κ3) is 4.08. The lowest BCUT2D eigenvalue weighted by molar-refractivity contribution is 0.183. The van der Waals surface area contributed by atoms with Crippen LogP contribution in [0.15, 0.2) is 6.20 Å². The summed E-state index contributed by atoms with van der Waals surface area (Å²) < 4.78 is 6.84. The molecule has 0 aliphatic rings. The van der Waals surface area contributed by atoms with Crippen molar-refractivity contribution in [3.63, 3.8) is 0 Å². The van der Waals surface area contributed by atoms with Crippen molar-refractivity contribution < 1.29 is 4.74 Å². The highest BCUT2D eigenvalue weighted by Gasteiger charge is 1.97. The van der Waals surface area contributed by atoms with Crippen LogP contribution in [0.3, 0.4) is 0 Å². The van der Waals surface area contributed by atoms with E-state index in [1.54, 1.807) is 7.11 Å². The zero-order valence-electron chi connectivity index (χ0n) is 9.29. The van der Waals surface area contributed by atoms with Crippen molar-refractivity contribution in [2.24, 2.45) is 0 Å². The molecule has 1 rings (SSSR count). The lowest BCUT2D eigenvalue weighted by Crippen LogP contribution is -2.04. The van der Waals surface area contributed by atoms with Crippen LogP contribution in [0.4, 0.5) is 0 Å². The van der Waals surface area contributed by atoms with Crippen molar-refractivity contribution in [2.45, 2.75) is 34.2 Å². The summed E-state index contributed by atoms with van der Waals surface area (Å²) in [5.74, 6) is 0. The molecule has 1 aromatic rings. The first kappa shape index (κ1) is 12.2. The van der Waals surface area contributed by atoms with E-state index in [9.17, 15) is 0 Å². The molecule has 0 saturated carbocycles. The molecule has 0 aliphatic heterocycles. The summed E-state index contributed by atoms with van der Waals surface area (Å²) in [4.78, 5) is 0. The van der Waals surface area contributed by atoms with Crippen LogP contribution in [-0.4, -0.2) is 23.5 Å². The van der Waals surface area contributed by atoms with Crippen LogP contribution in [0, 0.1) is 13.8 Å². The molecule has 0 unspecified atom stereocenters. The molecule has 0 radical (unpaired) electrons. The fourth-order valence-corrected chi connectivity index (χ4v) is 0.917. The maximum absolute atomic E-state index is 4.93. The number of aryl methyl sites for hydroxylation is 2. The standard InChI is InChI=1S/C8H14N2O.C2H6/c1-7-6-10(4-5-11-3)9-8(7)2;1-2/h6H,4-5H2,1-3H3;1-2H3. The predicted octanol–water partition coefficient (Wildman–Crippen LogP) is 2.17. The van der Waals surface area contributed by atoms with Crippen molar-refractivity contribution in [2.75, 3.05) is 13.7 Å². The molecule has 0 aromatic carbocycles. The van der Waals surface area contributed by atoms with Crippen LogP contribution < -0.4 is 0 Å². The molecule has 0 fully saturated rings. The Kier molecular flexibility index (Phi) is 6.24. The summed E-state index contributed by atoms with van der Waals surface area (Å²) >= 11 is 0. The van der Waals surface area contributed by atoms with Gasteiger partial charge in [-0.25, -0.2) is 0 Å². The van der Waals surface area contributed by atoms with Gasteiger partial charge in [0.05, 0.1) is 18.8 Å². The van der Waals surface area contributed by atoms with Crippen molar-refractivity contribution in [1.82, 2.24) is 9.78 Å². The van der Waals surface area contributed by atoms with E-state index in [-0.39, 0.29) is 0 Å². The van der Waals surface area contributed by atoms with E-state index >= 15 is 0 Å². The summed E-state index contributed by atoms with van der Waals surface area (Å²) in [6.45, 7) is 9.63. The lowest BCUT2D eigenvalue weighted by atomic mass is 10.3. The van der Waals surface area contributed by atoms with Crippen molar-refractivity contribution in [1.29, 1.82) is 0 Å². The first-order valence-corrected chi connectivity index (χ1v) is 4.73. The van der Waals surface area contributed by atoms with Gasteiger partial charge in [0.2, 0.25) is 0 Å². The van der Waals surface area contributed by atoms with Crippen LogP contribution >= 0.6 is 0 Å². The minimum Gasteiger partial charge on any atom is -0.383 e. The van der Waals surface area contributed by atoms with Gasteiger partial charge in [0, 0.05) is 13.3 Å². The Labute approximate surface area is 80.7 Å². The summed E-state index contributed by atoms with van der Waals surface area (Å²) in [7, 11) is 1.70. The minimum absolute atomic E-state index is 0.723. The molecule has 13 heavy (non-hydrogen) atoms. The van der Waals surface area contributed by atoms with Crippen LogP contribution in [0.5, 0.6) is 0 Å². The second-order valence-electron chi connectivity index (χ2n) is 2.65. The zero-order valence-corrected chi connectivity index (χ0v) is 9.29. The van der Waals surface area contributed by atoms with Crippen molar-refractivity contribution in [3.05, 3.63) is 17.5 Å². The minimum atomic E-state index is 0.723. The van der Waals surface area contributed by atoms with Gasteiger partial charge >= 0.3 is 0 Å². The first-order valence-electron chi connectivity index (χ1n) is 4.73. The molecule has 0 aliphatic carbocycles. The maximum Gasteiger partial charge on any atom is 0.0658 e. The molecule has 0 amide bonds. The van der Waals surface area contributed by atoms with E-state index in [1.807, 2.05) is 31.6 Å². The van der Waals surface area contributed by atoms with E-state index in [4.69, 9.17) is 4.74 Å². The van der Waals surface area contributed by atoms with Gasteiger partial charge in [0.25, 0.3) is 0 Å². The molecule has 3 heteroatoms. The summed E-state index contributed by atoms with van der Waals surface area (Å²) in [5, 5.41) is 4.28. The SMILES string of the molecule is CC.COCCn1cc(C)c(C)n1. The smallest absolute Gasteiger partial charge is 0.0658 e. The van der Waals surface area contributed by atoms with Crippen molar-refractivity contribution in [3.8, 4) is 0 Å². The molecular weight excluding hydrogens is 164 g/mol. The van der Waals surface area contributed by atoms with E-state index in [1.165, 1.54) is 5.56 Å². The molecule has 0 N–H and O–H groups in total. The summed E-state index contributed by atoms with van der Waals surface area (Å²) in [6, 6.07) is 0. The Morgan fingerprint density at radius 1 is 1.38 bits per heavy atom. The number of hydrogen-bond acceptors (Lipinski definition) is 2. The molecule has 1 aromatic heterocycles. The second kappa shape index (κ2) is 6.66. The average Bonchev–Trinajstić information content (AvgIpc) is 2.46. The fourth-order valence-electron chi connectivity index (χ4n) is 0.917. The molecule has 0 spiro atoms. The van der Waals surface area contributed by atoms with Crippen LogP contribution in [0.2, 0.25) is 0 Å². The number of methoxy groups -OCH3 is 1. The van der Waals surface area contributed by atoms with Gasteiger partial charge < -0.3 is 4.74 Å². The molecule has 3 nitrogen and oxygen atoms in total. The van der Waals surface area contributed by atoms with E-state index in [0.29, 0.717) is 0 Å². The summed E-state index contributed by atoms with van der Waals surface area (Å²) in [6.07, 6.45) is 2.04. The van der Waals surface area contributed by atoms with Gasteiger partial charge in [-0.1, -0.05) is 13.8 Å². The van der Waals surface area contributed by atoms with Crippen LogP contribution in [-0.2, 0) is 11.3 Å². The first-order chi connectivity index (χ1) is 6.24. The Morgan fingerprint density at radius 2 is 2.00 bits per heavy atom. The van der Waals surface area contributed by atoms with Gasteiger partial charge in [-0.2, -0.15) is 5.10 Å². The number of hydrogen-bond donors (Lipinski definition) is 0. The van der Waals surface area contributed by atoms with E-state index < -0.39 is 0 Å². The highest BCUT2D eigenvalue weighted by Crippen LogP contribution is 2.01. The van der Waals surface area contributed by atoms with Crippen LogP contribution in [0.25, 0.3) is 0 Å². The number of aromatic nitrogens is 2. The molecule has 0 saturated heterocycles. The summed E-state index contributed by atoms with van der Waals surface area (Å²) in [5.41, 5.74) is 2.34. The average molecular weight is 184 g/mol. The Hall–Kier alpha value is -0.830. The molecular formula is C10H20N2O. The number of rotatable bonds is 3. The van der Waals surface area contributed by atoms with Gasteiger partial charge in [0.1, 0.15) is 0 Å². The van der Waals surface area contributed by atoms with Gasteiger partial charge in [-0.05, 0) is 19.4 Å². The quantitative estimate of drug-likeness (QED) is 0.720. The Balaban J connectivity index is 0.000000671. The lowest BCUT2D eigenvalue weighted by Gasteiger charge is -1.97. The largest absolute Gasteiger partial charge is 0.383 e. The van der Waals surface area contributed by atoms with Crippen molar-refractivity contribution >= 4 is 0 Å². The normalized spacial score (nSPS) is 9.31. The highest BCUT2D eigenvalue weighted by atomic mass is 16.5. The fraction of sp³-hybridized carbons (Fsp3) is 0.700. The molecule has 76 valence electrons. The molecule has 1 heterocycles. The monoisotopic (exact) mass is 184 g/mol. The highest BCUT2D eigenvalue weighted by molar-refractivity contribution is 5.12. The number of nitrogens with zero attached hydrogens (tertiary/aromatic N) is 2. The van der Waals surface area contributed by atoms with Crippen LogP contribution in [0.1, 0.15) is 25.1 Å². The third-order valence-corrected chi connectivity index (χ3v) is 1.72.